The third kappa shape index (κ3) is 3.23. The minimum atomic E-state index is 0.369. The Kier molecular flexibility index (Phi) is 4.90. The average Bonchev–Trinajstić information content (AvgIpc) is 2.96. The van der Waals surface area contributed by atoms with Crippen molar-refractivity contribution < 1.29 is 0 Å². The maximum Gasteiger partial charge on any atom is 0.140 e. The molecule has 22 heavy (non-hydrogen) atoms. The van der Waals surface area contributed by atoms with Gasteiger partial charge in [-0.3, -0.25) is 4.90 Å². The molecular formula is C18H26N4. The lowest BCUT2D eigenvalue weighted by atomic mass is 10.1. The summed E-state index contributed by atoms with van der Waals surface area (Å²) in [4.78, 5) is 7.54. The molecule has 0 bridgehead atoms. The number of likely N-dealkylation sites (N-methyl/N-ethyl adjacent to an activating group) is 1. The molecule has 1 saturated heterocycles. The number of aromatic nitrogens is 2. The molecule has 4 nitrogen and oxygen atoms in total. The summed E-state index contributed by atoms with van der Waals surface area (Å²) in [6.45, 7) is 3.32. The topological polar surface area (TPSA) is 33.1 Å². The zero-order valence-electron chi connectivity index (χ0n) is 13.6. The number of nitrogens with one attached hydrogen (secondary N) is 1. The van der Waals surface area contributed by atoms with Gasteiger partial charge in [-0.15, -0.1) is 0 Å². The van der Waals surface area contributed by atoms with Crippen molar-refractivity contribution in [2.45, 2.75) is 25.3 Å². The second-order valence-corrected chi connectivity index (χ2v) is 6.14. The smallest absolute Gasteiger partial charge is 0.140 e. The van der Waals surface area contributed by atoms with Crippen molar-refractivity contribution in [1.82, 2.24) is 19.8 Å². The van der Waals surface area contributed by atoms with Crippen LogP contribution in [-0.2, 0) is 7.05 Å². The number of piperidine rings is 1. The van der Waals surface area contributed by atoms with Crippen LogP contribution in [0.2, 0.25) is 0 Å². The number of hydrogen-bond donors (Lipinski definition) is 1. The molecule has 1 aromatic carbocycles. The van der Waals surface area contributed by atoms with Crippen LogP contribution in [0.1, 0.15) is 31.0 Å². The Labute approximate surface area is 133 Å². The van der Waals surface area contributed by atoms with E-state index in [9.17, 15) is 0 Å². The number of hydrogen-bond acceptors (Lipinski definition) is 3. The van der Waals surface area contributed by atoms with Crippen LogP contribution in [0.5, 0.6) is 0 Å². The van der Waals surface area contributed by atoms with Gasteiger partial charge in [-0.1, -0.05) is 36.8 Å². The SMILES string of the molecule is CNCC(c1cn(C)c(-c2ccccc2)n1)N1CCCCC1. The van der Waals surface area contributed by atoms with Crippen LogP contribution in [0.3, 0.4) is 0 Å². The molecule has 2 heterocycles. The Morgan fingerprint density at radius 3 is 2.55 bits per heavy atom. The highest BCUT2D eigenvalue weighted by Gasteiger charge is 2.24. The molecule has 0 saturated carbocycles. The number of imidazole rings is 1. The van der Waals surface area contributed by atoms with E-state index in [1.54, 1.807) is 0 Å². The number of likely N-dealkylation sites (tertiary alicyclic amines) is 1. The second kappa shape index (κ2) is 7.07. The van der Waals surface area contributed by atoms with E-state index in [-0.39, 0.29) is 0 Å². The second-order valence-electron chi connectivity index (χ2n) is 6.14. The lowest BCUT2D eigenvalue weighted by molar-refractivity contribution is 0.159. The van der Waals surface area contributed by atoms with Crippen LogP contribution in [0.25, 0.3) is 11.4 Å². The Balaban J connectivity index is 1.88. The molecule has 1 fully saturated rings. The molecule has 0 spiro atoms. The molecule has 0 aliphatic carbocycles. The number of benzene rings is 1. The first kappa shape index (κ1) is 15.3. The first-order chi connectivity index (χ1) is 10.8. The minimum Gasteiger partial charge on any atom is -0.334 e. The quantitative estimate of drug-likeness (QED) is 0.921. The summed E-state index contributed by atoms with van der Waals surface area (Å²) in [6, 6.07) is 10.8. The lowest BCUT2D eigenvalue weighted by Gasteiger charge is -2.33. The van der Waals surface area contributed by atoms with Crippen LogP contribution in [-0.4, -0.2) is 41.1 Å². The maximum atomic E-state index is 4.96. The molecule has 1 N–H and O–H groups in total. The first-order valence-corrected chi connectivity index (χ1v) is 8.27. The van der Waals surface area contributed by atoms with E-state index in [0.29, 0.717) is 6.04 Å². The highest BCUT2D eigenvalue weighted by molar-refractivity contribution is 5.55. The Bertz CT molecular complexity index is 584. The van der Waals surface area contributed by atoms with Crippen LogP contribution < -0.4 is 5.32 Å². The molecule has 118 valence electrons. The van der Waals surface area contributed by atoms with E-state index in [1.807, 2.05) is 13.1 Å². The van der Waals surface area contributed by atoms with Crippen molar-refractivity contribution in [3.63, 3.8) is 0 Å². The fraction of sp³-hybridized carbons (Fsp3) is 0.500. The summed E-state index contributed by atoms with van der Waals surface area (Å²) in [7, 11) is 4.11. The van der Waals surface area contributed by atoms with Crippen LogP contribution >= 0.6 is 0 Å². The summed E-state index contributed by atoms with van der Waals surface area (Å²) in [5.41, 5.74) is 2.36. The van der Waals surface area contributed by atoms with Crippen molar-refractivity contribution >= 4 is 0 Å². The predicted molar refractivity (Wildman–Crippen MR) is 90.7 cm³/mol. The zero-order valence-corrected chi connectivity index (χ0v) is 13.6. The Morgan fingerprint density at radius 1 is 1.14 bits per heavy atom. The summed E-state index contributed by atoms with van der Waals surface area (Å²) in [5, 5.41) is 3.34. The van der Waals surface area contributed by atoms with Gasteiger partial charge in [-0.25, -0.2) is 4.98 Å². The van der Waals surface area contributed by atoms with Crippen molar-refractivity contribution in [1.29, 1.82) is 0 Å². The third-order valence-electron chi connectivity index (χ3n) is 4.50. The first-order valence-electron chi connectivity index (χ1n) is 8.27. The lowest BCUT2D eigenvalue weighted by Crippen LogP contribution is -2.38. The van der Waals surface area contributed by atoms with Crippen molar-refractivity contribution in [3.05, 3.63) is 42.2 Å². The van der Waals surface area contributed by atoms with E-state index in [4.69, 9.17) is 4.98 Å². The molecule has 2 aromatic rings. The largest absolute Gasteiger partial charge is 0.334 e. The number of aryl methyl sites for hydroxylation is 1. The fourth-order valence-electron chi connectivity index (χ4n) is 3.35. The third-order valence-corrected chi connectivity index (χ3v) is 4.50. The van der Waals surface area contributed by atoms with E-state index in [0.717, 1.165) is 12.4 Å². The molecule has 1 aromatic heterocycles. The van der Waals surface area contributed by atoms with E-state index < -0.39 is 0 Å². The van der Waals surface area contributed by atoms with Gasteiger partial charge >= 0.3 is 0 Å². The highest BCUT2D eigenvalue weighted by Crippen LogP contribution is 2.26. The van der Waals surface area contributed by atoms with E-state index in [2.05, 4.69) is 52.3 Å². The normalized spacial score (nSPS) is 17.5. The van der Waals surface area contributed by atoms with E-state index >= 15 is 0 Å². The molecule has 1 aliphatic rings. The maximum absolute atomic E-state index is 4.96. The average molecular weight is 298 g/mol. The summed E-state index contributed by atoms with van der Waals surface area (Å²) < 4.78 is 2.15. The monoisotopic (exact) mass is 298 g/mol. The van der Waals surface area contributed by atoms with Gasteiger partial charge in [0.05, 0.1) is 11.7 Å². The van der Waals surface area contributed by atoms with Crippen molar-refractivity contribution in [2.24, 2.45) is 7.05 Å². The van der Waals surface area contributed by atoms with E-state index in [1.165, 1.54) is 43.6 Å². The molecule has 0 radical (unpaired) electrons. The van der Waals surface area contributed by atoms with Crippen LogP contribution in [0.4, 0.5) is 0 Å². The van der Waals surface area contributed by atoms with Crippen LogP contribution in [0.15, 0.2) is 36.5 Å². The molecular weight excluding hydrogens is 272 g/mol. The molecule has 1 unspecified atom stereocenters. The van der Waals surface area contributed by atoms with Gasteiger partial charge in [-0.05, 0) is 33.0 Å². The van der Waals surface area contributed by atoms with Gasteiger partial charge in [0, 0.05) is 25.4 Å². The van der Waals surface area contributed by atoms with Crippen molar-refractivity contribution in [2.75, 3.05) is 26.7 Å². The van der Waals surface area contributed by atoms with Gasteiger partial charge in [0.2, 0.25) is 0 Å². The standard InChI is InChI=1S/C18H26N4/c1-19-13-17(22-11-7-4-8-12-22)16-14-21(2)18(20-16)15-9-5-3-6-10-15/h3,5-6,9-10,14,17,19H,4,7-8,11-13H2,1-2H3. The Hall–Kier alpha value is -1.65. The predicted octanol–water partition coefficient (Wildman–Crippen LogP) is 2.83. The summed E-state index contributed by atoms with van der Waals surface area (Å²) >= 11 is 0. The summed E-state index contributed by atoms with van der Waals surface area (Å²) in [6.07, 6.45) is 6.16. The van der Waals surface area contributed by atoms with Crippen LogP contribution in [0, 0.1) is 0 Å². The molecule has 1 atom stereocenters. The van der Waals surface area contributed by atoms with Gasteiger partial charge in [0.1, 0.15) is 5.82 Å². The van der Waals surface area contributed by atoms with Gasteiger partial charge in [0.15, 0.2) is 0 Å². The van der Waals surface area contributed by atoms with Crippen molar-refractivity contribution in [3.8, 4) is 11.4 Å². The molecule has 1 aliphatic heterocycles. The molecule has 0 amide bonds. The summed E-state index contributed by atoms with van der Waals surface area (Å²) in [5.74, 6) is 1.05. The van der Waals surface area contributed by atoms with Gasteiger partial charge < -0.3 is 9.88 Å². The minimum absolute atomic E-state index is 0.369. The number of rotatable bonds is 5. The number of nitrogens with zero attached hydrogens (tertiary/aromatic N) is 3. The zero-order chi connectivity index (χ0) is 15.4. The van der Waals surface area contributed by atoms with Gasteiger partial charge in [0.25, 0.3) is 0 Å². The molecule has 4 heteroatoms. The molecule has 3 rings (SSSR count). The highest BCUT2D eigenvalue weighted by atomic mass is 15.2. The van der Waals surface area contributed by atoms with Gasteiger partial charge in [-0.2, -0.15) is 0 Å². The fourth-order valence-corrected chi connectivity index (χ4v) is 3.35. The Morgan fingerprint density at radius 2 is 1.86 bits per heavy atom.